The van der Waals surface area contributed by atoms with Crippen LogP contribution in [0.2, 0.25) is 0 Å². The Kier molecular flexibility index (Phi) is 6.42. The number of halogens is 1. The quantitative estimate of drug-likeness (QED) is 0.634. The summed E-state index contributed by atoms with van der Waals surface area (Å²) in [5, 5.41) is 2.89. The first-order valence-corrected chi connectivity index (χ1v) is 6.46. The van der Waals surface area contributed by atoms with Crippen molar-refractivity contribution >= 4 is 21.8 Å². The highest BCUT2D eigenvalue weighted by Gasteiger charge is 2.02. The van der Waals surface area contributed by atoms with Gasteiger partial charge in [-0.15, -0.1) is 12.3 Å². The van der Waals surface area contributed by atoms with E-state index in [9.17, 15) is 4.79 Å². The summed E-state index contributed by atoms with van der Waals surface area (Å²) < 4.78 is 0.997. The Morgan fingerprint density at radius 2 is 2.24 bits per heavy atom. The summed E-state index contributed by atoms with van der Waals surface area (Å²) in [6, 6.07) is 7.78. The fourth-order valence-electron chi connectivity index (χ4n) is 1.47. The van der Waals surface area contributed by atoms with Crippen LogP contribution in [0.15, 0.2) is 28.7 Å². The van der Waals surface area contributed by atoms with Crippen LogP contribution in [-0.2, 0) is 11.2 Å². The molecule has 1 aromatic rings. The normalized spacial score (nSPS) is 9.65. The molecule has 1 rings (SSSR count). The fraction of sp³-hybridized carbons (Fsp3) is 0.357. The fourth-order valence-corrected chi connectivity index (χ4v) is 1.92. The van der Waals surface area contributed by atoms with Crippen molar-refractivity contribution in [2.24, 2.45) is 0 Å². The van der Waals surface area contributed by atoms with Gasteiger partial charge in [-0.1, -0.05) is 28.1 Å². The van der Waals surface area contributed by atoms with Crippen molar-refractivity contribution < 1.29 is 4.79 Å². The van der Waals surface area contributed by atoms with Gasteiger partial charge in [-0.3, -0.25) is 4.79 Å². The number of unbranched alkanes of at least 4 members (excludes halogenated alkanes) is 2. The molecule has 0 saturated heterocycles. The Bertz CT molecular complexity index is 409. The molecule has 1 amide bonds. The number of amides is 1. The topological polar surface area (TPSA) is 29.1 Å². The van der Waals surface area contributed by atoms with Crippen LogP contribution >= 0.6 is 15.9 Å². The number of carbonyl (C=O) groups is 1. The Hall–Kier alpha value is -1.27. The number of nitrogens with one attached hydrogen (secondary N) is 1. The molecule has 0 aromatic heterocycles. The number of terminal acetylenes is 1. The van der Waals surface area contributed by atoms with Crippen molar-refractivity contribution in [3.05, 3.63) is 34.3 Å². The van der Waals surface area contributed by atoms with Gasteiger partial charge in [0.15, 0.2) is 0 Å². The molecule has 3 heteroatoms. The zero-order valence-corrected chi connectivity index (χ0v) is 11.3. The second-order valence-electron chi connectivity index (χ2n) is 3.82. The van der Waals surface area contributed by atoms with Crippen molar-refractivity contribution in [3.8, 4) is 12.3 Å². The van der Waals surface area contributed by atoms with Crippen LogP contribution in [0.5, 0.6) is 0 Å². The van der Waals surface area contributed by atoms with Gasteiger partial charge in [-0.25, -0.2) is 0 Å². The lowest BCUT2D eigenvalue weighted by molar-refractivity contribution is -0.120. The maximum atomic E-state index is 11.6. The van der Waals surface area contributed by atoms with Crippen molar-refractivity contribution in [2.75, 3.05) is 6.54 Å². The Morgan fingerprint density at radius 1 is 1.41 bits per heavy atom. The number of carbonyl (C=O) groups excluding carboxylic acids is 1. The standard InChI is InChI=1S/C14H16BrNO/c1-2-3-4-5-9-16-14(17)11-12-7-6-8-13(15)10-12/h1,6-8,10H,3-5,9,11H2,(H,16,17). The second-order valence-corrected chi connectivity index (χ2v) is 4.73. The van der Waals surface area contributed by atoms with E-state index in [4.69, 9.17) is 6.42 Å². The molecular formula is C14H16BrNO. The van der Waals surface area contributed by atoms with E-state index in [-0.39, 0.29) is 5.91 Å². The van der Waals surface area contributed by atoms with Gasteiger partial charge in [0.2, 0.25) is 5.91 Å². The predicted octanol–water partition coefficient (Wildman–Crippen LogP) is 2.91. The average molecular weight is 294 g/mol. The minimum atomic E-state index is 0.0591. The van der Waals surface area contributed by atoms with Gasteiger partial charge in [0, 0.05) is 17.4 Å². The van der Waals surface area contributed by atoms with Crippen molar-refractivity contribution in [1.82, 2.24) is 5.32 Å². The molecule has 0 aliphatic carbocycles. The van der Waals surface area contributed by atoms with E-state index in [2.05, 4.69) is 27.2 Å². The number of hydrogen-bond acceptors (Lipinski definition) is 1. The highest BCUT2D eigenvalue weighted by molar-refractivity contribution is 9.10. The lowest BCUT2D eigenvalue weighted by Gasteiger charge is -2.04. The largest absolute Gasteiger partial charge is 0.356 e. The van der Waals surface area contributed by atoms with Crippen molar-refractivity contribution in [2.45, 2.75) is 25.7 Å². The van der Waals surface area contributed by atoms with Gasteiger partial charge in [0.1, 0.15) is 0 Å². The molecule has 1 N–H and O–H groups in total. The van der Waals surface area contributed by atoms with Gasteiger partial charge in [0.25, 0.3) is 0 Å². The van der Waals surface area contributed by atoms with Crippen molar-refractivity contribution in [3.63, 3.8) is 0 Å². The van der Waals surface area contributed by atoms with E-state index in [0.29, 0.717) is 13.0 Å². The van der Waals surface area contributed by atoms with Gasteiger partial charge in [-0.05, 0) is 30.5 Å². The highest BCUT2D eigenvalue weighted by Crippen LogP contribution is 2.11. The summed E-state index contributed by atoms with van der Waals surface area (Å²) in [5.74, 6) is 2.64. The Morgan fingerprint density at radius 3 is 2.94 bits per heavy atom. The lowest BCUT2D eigenvalue weighted by atomic mass is 10.1. The summed E-state index contributed by atoms with van der Waals surface area (Å²) in [6.07, 6.45) is 8.25. The zero-order chi connectivity index (χ0) is 12.5. The summed E-state index contributed by atoms with van der Waals surface area (Å²) in [6.45, 7) is 0.703. The number of benzene rings is 1. The van der Waals surface area contributed by atoms with E-state index in [0.717, 1.165) is 29.3 Å². The third kappa shape index (κ3) is 6.13. The smallest absolute Gasteiger partial charge is 0.224 e. The third-order valence-electron chi connectivity index (χ3n) is 2.32. The molecule has 0 fully saturated rings. The summed E-state index contributed by atoms with van der Waals surface area (Å²) in [7, 11) is 0. The molecule has 0 spiro atoms. The minimum Gasteiger partial charge on any atom is -0.356 e. The first-order valence-electron chi connectivity index (χ1n) is 5.67. The molecule has 0 atom stereocenters. The van der Waals surface area contributed by atoms with Crippen LogP contribution in [0.25, 0.3) is 0 Å². The first kappa shape index (κ1) is 13.8. The summed E-state index contributed by atoms with van der Waals surface area (Å²) in [4.78, 5) is 11.6. The maximum absolute atomic E-state index is 11.6. The van der Waals surface area contributed by atoms with Crippen LogP contribution in [0.3, 0.4) is 0 Å². The molecule has 0 bridgehead atoms. The second kappa shape index (κ2) is 7.92. The molecule has 0 radical (unpaired) electrons. The van der Waals surface area contributed by atoms with Crippen LogP contribution in [-0.4, -0.2) is 12.5 Å². The van der Waals surface area contributed by atoms with E-state index in [1.54, 1.807) is 0 Å². The van der Waals surface area contributed by atoms with Gasteiger partial charge < -0.3 is 5.32 Å². The number of hydrogen-bond donors (Lipinski definition) is 1. The van der Waals surface area contributed by atoms with Crippen molar-refractivity contribution in [1.29, 1.82) is 0 Å². The molecule has 1 aromatic carbocycles. The monoisotopic (exact) mass is 293 g/mol. The van der Waals surface area contributed by atoms with E-state index >= 15 is 0 Å². The predicted molar refractivity (Wildman–Crippen MR) is 73.5 cm³/mol. The van der Waals surface area contributed by atoms with Crippen LogP contribution in [0, 0.1) is 12.3 Å². The SMILES string of the molecule is C#CCCCCNC(=O)Cc1cccc(Br)c1. The molecule has 0 heterocycles. The molecular weight excluding hydrogens is 278 g/mol. The van der Waals surface area contributed by atoms with Gasteiger partial charge in [0.05, 0.1) is 6.42 Å². The minimum absolute atomic E-state index is 0.0591. The molecule has 0 saturated carbocycles. The van der Waals surface area contributed by atoms with E-state index < -0.39 is 0 Å². The molecule has 0 aliphatic rings. The average Bonchev–Trinajstić information content (AvgIpc) is 2.29. The summed E-state index contributed by atoms with van der Waals surface area (Å²) >= 11 is 3.38. The Labute approximate surface area is 111 Å². The van der Waals surface area contributed by atoms with Crippen LogP contribution < -0.4 is 5.32 Å². The van der Waals surface area contributed by atoms with Gasteiger partial charge >= 0.3 is 0 Å². The maximum Gasteiger partial charge on any atom is 0.224 e. The molecule has 90 valence electrons. The van der Waals surface area contributed by atoms with Crippen LogP contribution in [0.4, 0.5) is 0 Å². The number of rotatable bonds is 6. The highest BCUT2D eigenvalue weighted by atomic mass is 79.9. The molecule has 2 nitrogen and oxygen atoms in total. The van der Waals surface area contributed by atoms with Gasteiger partial charge in [-0.2, -0.15) is 0 Å². The molecule has 0 aliphatic heterocycles. The third-order valence-corrected chi connectivity index (χ3v) is 2.82. The van der Waals surface area contributed by atoms with Crippen LogP contribution in [0.1, 0.15) is 24.8 Å². The summed E-state index contributed by atoms with van der Waals surface area (Å²) in [5.41, 5.74) is 1.01. The Balaban J connectivity index is 2.23. The van der Waals surface area contributed by atoms with E-state index in [1.165, 1.54) is 0 Å². The lowest BCUT2D eigenvalue weighted by Crippen LogP contribution is -2.26. The molecule has 17 heavy (non-hydrogen) atoms. The van der Waals surface area contributed by atoms with E-state index in [1.807, 2.05) is 24.3 Å². The zero-order valence-electron chi connectivity index (χ0n) is 9.71. The molecule has 0 unspecified atom stereocenters. The first-order chi connectivity index (χ1) is 8.22.